The Morgan fingerprint density at radius 3 is 2.24 bits per heavy atom. The molecule has 0 bridgehead atoms. The second-order valence-corrected chi connectivity index (χ2v) is 3.75. The number of halogens is 3. The number of primary amides is 1. The summed E-state index contributed by atoms with van der Waals surface area (Å²) in [5, 5.41) is 0. The number of carbonyl (C=O) groups excluding carboxylic acids is 1. The molecule has 17 heavy (non-hydrogen) atoms. The second kappa shape index (κ2) is 5.67. The number of benzene rings is 1. The van der Waals surface area contributed by atoms with Crippen LogP contribution >= 0.6 is 0 Å². The summed E-state index contributed by atoms with van der Waals surface area (Å²) in [5.74, 6) is -3.53. The number of hydrogen-bond donors (Lipinski definition) is 2. The Morgan fingerprint density at radius 2 is 1.76 bits per heavy atom. The molecule has 0 aromatic heterocycles. The Bertz CT molecular complexity index is 400. The molecule has 6 heteroatoms. The summed E-state index contributed by atoms with van der Waals surface area (Å²) in [4.78, 5) is 10.5. The summed E-state index contributed by atoms with van der Waals surface area (Å²) >= 11 is 0. The van der Waals surface area contributed by atoms with Crippen LogP contribution in [0.25, 0.3) is 0 Å². The molecule has 1 aromatic carbocycles. The molecule has 0 saturated carbocycles. The van der Waals surface area contributed by atoms with Crippen molar-refractivity contribution in [1.82, 2.24) is 0 Å². The molecule has 1 unspecified atom stereocenters. The van der Waals surface area contributed by atoms with E-state index in [0.29, 0.717) is 18.6 Å². The van der Waals surface area contributed by atoms with Gasteiger partial charge in [0, 0.05) is 30.2 Å². The Labute approximate surface area is 96.6 Å². The van der Waals surface area contributed by atoms with Crippen LogP contribution < -0.4 is 11.5 Å². The van der Waals surface area contributed by atoms with E-state index in [2.05, 4.69) is 0 Å². The fourth-order valence-electron chi connectivity index (χ4n) is 1.55. The van der Waals surface area contributed by atoms with Gasteiger partial charge in [-0.3, -0.25) is 4.79 Å². The summed E-state index contributed by atoms with van der Waals surface area (Å²) in [6.45, 7) is 0. The Kier molecular flexibility index (Phi) is 4.51. The van der Waals surface area contributed by atoms with Gasteiger partial charge in [-0.1, -0.05) is 0 Å². The van der Waals surface area contributed by atoms with Crippen molar-refractivity contribution < 1.29 is 18.0 Å². The van der Waals surface area contributed by atoms with Gasteiger partial charge in [0.2, 0.25) is 5.91 Å². The molecular weight excluding hydrogens is 233 g/mol. The van der Waals surface area contributed by atoms with E-state index >= 15 is 0 Å². The average Bonchev–Trinajstić information content (AvgIpc) is 2.14. The first-order valence-electron chi connectivity index (χ1n) is 5.10. The molecule has 3 nitrogen and oxygen atoms in total. The molecule has 1 amide bonds. The Balaban J connectivity index is 2.75. The molecule has 0 fully saturated rings. The van der Waals surface area contributed by atoms with Gasteiger partial charge in [-0.15, -0.1) is 0 Å². The van der Waals surface area contributed by atoms with Gasteiger partial charge in [0.05, 0.1) is 0 Å². The van der Waals surface area contributed by atoms with Crippen LogP contribution in [0, 0.1) is 17.5 Å². The average molecular weight is 246 g/mol. The Morgan fingerprint density at radius 1 is 1.24 bits per heavy atom. The molecular formula is C11H13F3N2O. The summed E-state index contributed by atoms with van der Waals surface area (Å²) < 4.78 is 39.2. The van der Waals surface area contributed by atoms with Gasteiger partial charge >= 0.3 is 0 Å². The molecule has 0 saturated heterocycles. The van der Waals surface area contributed by atoms with Gasteiger partial charge in [0.15, 0.2) is 0 Å². The number of amides is 1. The lowest BCUT2D eigenvalue weighted by Crippen LogP contribution is -2.16. The standard InChI is InChI=1S/C11H13F3N2O/c12-6-4-7(13)11(8(14)5-6)9(15)2-1-3-10(16)17/h4-5,9H,1-3,15H2,(H2,16,17). The van der Waals surface area contributed by atoms with E-state index < -0.39 is 29.4 Å². The molecule has 1 rings (SSSR count). The molecule has 0 heterocycles. The molecule has 0 aliphatic heterocycles. The zero-order valence-corrected chi connectivity index (χ0v) is 9.05. The van der Waals surface area contributed by atoms with Crippen molar-refractivity contribution in [3.8, 4) is 0 Å². The number of rotatable bonds is 5. The molecule has 1 atom stereocenters. The zero-order valence-electron chi connectivity index (χ0n) is 9.05. The van der Waals surface area contributed by atoms with Crippen LogP contribution in [0.4, 0.5) is 13.2 Å². The van der Waals surface area contributed by atoms with Crippen LogP contribution in [0.15, 0.2) is 12.1 Å². The highest BCUT2D eigenvalue weighted by Crippen LogP contribution is 2.23. The van der Waals surface area contributed by atoms with Crippen molar-refractivity contribution >= 4 is 5.91 Å². The number of hydrogen-bond acceptors (Lipinski definition) is 2. The summed E-state index contributed by atoms with van der Waals surface area (Å²) in [5.41, 5.74) is 10.1. The van der Waals surface area contributed by atoms with Crippen LogP contribution in [-0.4, -0.2) is 5.91 Å². The minimum absolute atomic E-state index is 0.0954. The maximum atomic E-state index is 13.3. The van der Waals surface area contributed by atoms with Crippen molar-refractivity contribution in [2.24, 2.45) is 11.5 Å². The van der Waals surface area contributed by atoms with E-state index in [1.165, 1.54) is 0 Å². The first kappa shape index (κ1) is 13.5. The maximum Gasteiger partial charge on any atom is 0.217 e. The van der Waals surface area contributed by atoms with Crippen molar-refractivity contribution in [3.63, 3.8) is 0 Å². The molecule has 1 aromatic rings. The molecule has 0 spiro atoms. The first-order valence-corrected chi connectivity index (χ1v) is 5.10. The SMILES string of the molecule is NC(=O)CCCC(N)c1c(F)cc(F)cc1F. The van der Waals surface area contributed by atoms with Crippen LogP contribution in [0.2, 0.25) is 0 Å². The molecule has 94 valence electrons. The quantitative estimate of drug-likeness (QED) is 0.831. The second-order valence-electron chi connectivity index (χ2n) is 3.75. The Hall–Kier alpha value is -1.56. The van der Waals surface area contributed by atoms with Gasteiger partial charge in [0.25, 0.3) is 0 Å². The molecule has 0 aliphatic rings. The van der Waals surface area contributed by atoms with E-state index in [1.807, 2.05) is 0 Å². The highest BCUT2D eigenvalue weighted by Gasteiger charge is 2.18. The fraction of sp³-hybridized carbons (Fsp3) is 0.364. The summed E-state index contributed by atoms with van der Waals surface area (Å²) in [7, 11) is 0. The lowest BCUT2D eigenvalue weighted by Gasteiger charge is -2.13. The van der Waals surface area contributed by atoms with E-state index in [4.69, 9.17) is 11.5 Å². The summed E-state index contributed by atoms with van der Waals surface area (Å²) in [6.07, 6.45) is 0.618. The smallest absolute Gasteiger partial charge is 0.217 e. The number of carbonyl (C=O) groups is 1. The highest BCUT2D eigenvalue weighted by molar-refractivity contribution is 5.73. The minimum atomic E-state index is -1.02. The highest BCUT2D eigenvalue weighted by atomic mass is 19.1. The minimum Gasteiger partial charge on any atom is -0.370 e. The van der Waals surface area contributed by atoms with E-state index in [9.17, 15) is 18.0 Å². The van der Waals surface area contributed by atoms with Crippen LogP contribution in [0.3, 0.4) is 0 Å². The monoisotopic (exact) mass is 246 g/mol. The van der Waals surface area contributed by atoms with Crippen molar-refractivity contribution in [2.45, 2.75) is 25.3 Å². The fourth-order valence-corrected chi connectivity index (χ4v) is 1.55. The van der Waals surface area contributed by atoms with Crippen LogP contribution in [0.5, 0.6) is 0 Å². The lowest BCUT2D eigenvalue weighted by molar-refractivity contribution is -0.118. The maximum absolute atomic E-state index is 13.3. The molecule has 4 N–H and O–H groups in total. The van der Waals surface area contributed by atoms with Gasteiger partial charge < -0.3 is 11.5 Å². The van der Waals surface area contributed by atoms with Gasteiger partial charge in [-0.2, -0.15) is 0 Å². The third kappa shape index (κ3) is 3.74. The van der Waals surface area contributed by atoms with Crippen LogP contribution in [0.1, 0.15) is 30.9 Å². The summed E-state index contributed by atoms with van der Waals surface area (Å²) in [6, 6.07) is 0.230. The van der Waals surface area contributed by atoms with E-state index in [0.717, 1.165) is 0 Å². The van der Waals surface area contributed by atoms with E-state index in [-0.39, 0.29) is 18.4 Å². The predicted octanol–water partition coefficient (Wildman–Crippen LogP) is 1.76. The van der Waals surface area contributed by atoms with Crippen LogP contribution in [-0.2, 0) is 4.79 Å². The topological polar surface area (TPSA) is 69.1 Å². The van der Waals surface area contributed by atoms with Crippen molar-refractivity contribution in [3.05, 3.63) is 35.1 Å². The van der Waals surface area contributed by atoms with Crippen molar-refractivity contribution in [1.29, 1.82) is 0 Å². The predicted molar refractivity (Wildman–Crippen MR) is 56.3 cm³/mol. The van der Waals surface area contributed by atoms with Crippen molar-refractivity contribution in [2.75, 3.05) is 0 Å². The zero-order chi connectivity index (χ0) is 13.0. The third-order valence-corrected chi connectivity index (χ3v) is 2.35. The van der Waals surface area contributed by atoms with E-state index in [1.54, 1.807) is 0 Å². The molecule has 0 aliphatic carbocycles. The molecule has 0 radical (unpaired) electrons. The number of nitrogens with two attached hydrogens (primary N) is 2. The van der Waals surface area contributed by atoms with Gasteiger partial charge in [0.1, 0.15) is 17.5 Å². The van der Waals surface area contributed by atoms with Gasteiger partial charge in [-0.25, -0.2) is 13.2 Å². The largest absolute Gasteiger partial charge is 0.370 e. The first-order chi connectivity index (χ1) is 7.91. The normalized spacial score (nSPS) is 12.5. The third-order valence-electron chi connectivity index (χ3n) is 2.35. The van der Waals surface area contributed by atoms with Gasteiger partial charge in [-0.05, 0) is 12.8 Å². The lowest BCUT2D eigenvalue weighted by atomic mass is 10.0.